The maximum absolute atomic E-state index is 10.00. The second kappa shape index (κ2) is 27.2. The van der Waals surface area contributed by atoms with Gasteiger partial charge in [0.25, 0.3) is 6.71 Å². The summed E-state index contributed by atoms with van der Waals surface area (Å²) < 4.78 is 80.8. The molecule has 0 bridgehead atoms. The number of hydrogen-bond donors (Lipinski definition) is 0. The maximum atomic E-state index is 10.00. The zero-order chi connectivity index (χ0) is 85.3. The first-order chi connectivity index (χ1) is 61.5. The number of rotatable bonds is 12. The van der Waals surface area contributed by atoms with Gasteiger partial charge in [-0.05, 0) is 196 Å². The molecule has 0 radical (unpaired) electrons. The minimum Gasteiger partial charge on any atom is -0.310 e. The Balaban J connectivity index is 0.897. The largest absolute Gasteiger partial charge is 0.310 e. The van der Waals surface area contributed by atoms with E-state index >= 15 is 0 Å². The van der Waals surface area contributed by atoms with Crippen molar-refractivity contribution in [2.75, 3.05) is 9.80 Å². The predicted octanol–water partition coefficient (Wildman–Crippen LogP) is 27.6. The van der Waals surface area contributed by atoms with E-state index in [1.807, 2.05) is 12.1 Å². The summed E-state index contributed by atoms with van der Waals surface area (Å²) in [6.07, 6.45) is 0. The standard InChI is InChI=1S/C113H79BN4/c1-112(2,3)84-68-107-109-108(69-84)118(111-93(78-44-20-8-21-45-78)66-81(75-38-14-5-15-39-75)67-94(111)79-46-22-9-23-47-79)106-71-86(116-103-59-35-31-55-90(103)96-72-95-87-52-28-32-56-97(87)113(98(95)73-104(96)116,82-48-24-10-25-49-82)83-50-26-11-27-51-83)61-63-100(106)114(109)99-62-60-85(115-101-57-33-29-53-88(101)89-54-30-34-58-102(89)115)70-105(99)117(107)110-91(76-40-16-6-17-41-76)64-80(74-36-12-4-13-37-74)65-92(110)77-42-18-7-19-43-77/h4-73H,1-3H3/i29D,30D,33D,34D,53D,54D,57D,58D. The highest BCUT2D eigenvalue weighted by molar-refractivity contribution is 7.00. The molecule has 5 heteroatoms. The van der Waals surface area contributed by atoms with E-state index < -0.39 is 53.8 Å². The van der Waals surface area contributed by atoms with Gasteiger partial charge in [0.05, 0.1) is 49.8 Å². The second-order valence-electron chi connectivity index (χ2n) is 32.4. The van der Waals surface area contributed by atoms with Gasteiger partial charge in [-0.15, -0.1) is 0 Å². The molecule has 0 spiro atoms. The van der Waals surface area contributed by atoms with Gasteiger partial charge in [0.1, 0.15) is 0 Å². The first-order valence-electron chi connectivity index (χ1n) is 44.6. The van der Waals surface area contributed by atoms with E-state index in [9.17, 15) is 11.0 Å². The van der Waals surface area contributed by atoms with Crippen LogP contribution >= 0.6 is 0 Å². The van der Waals surface area contributed by atoms with Gasteiger partial charge >= 0.3 is 0 Å². The van der Waals surface area contributed by atoms with Crippen molar-refractivity contribution in [2.24, 2.45) is 0 Å². The normalized spacial score (nSPS) is 14.0. The molecule has 0 atom stereocenters. The van der Waals surface area contributed by atoms with Crippen molar-refractivity contribution in [3.8, 4) is 89.3 Å². The Bertz CT molecular complexity index is 7660. The molecule has 1 aliphatic carbocycles. The van der Waals surface area contributed by atoms with Crippen molar-refractivity contribution in [1.82, 2.24) is 9.13 Å². The van der Waals surface area contributed by atoms with Crippen LogP contribution in [0.25, 0.3) is 133 Å². The molecule has 2 aliphatic heterocycles. The average molecular weight is 1510 g/mol. The first-order valence-corrected chi connectivity index (χ1v) is 40.6. The summed E-state index contributed by atoms with van der Waals surface area (Å²) in [5.41, 5.74) is 30.8. The summed E-state index contributed by atoms with van der Waals surface area (Å²) in [4.78, 5) is 5.08. The summed E-state index contributed by atoms with van der Waals surface area (Å²) in [5, 5.41) is 2.24. The zero-order valence-electron chi connectivity index (χ0n) is 73.2. The van der Waals surface area contributed by atoms with Crippen molar-refractivity contribution in [1.29, 1.82) is 0 Å². The third-order valence-corrected chi connectivity index (χ3v) is 24.9. The lowest BCUT2D eigenvalue weighted by molar-refractivity contribution is 0.590. The lowest BCUT2D eigenvalue weighted by Gasteiger charge is -2.46. The molecule has 2 aromatic heterocycles. The van der Waals surface area contributed by atoms with Crippen LogP contribution < -0.4 is 26.2 Å². The lowest BCUT2D eigenvalue weighted by atomic mass is 9.33. The number of fused-ring (bicyclic) bond motifs is 13. The molecule has 0 saturated carbocycles. The maximum Gasteiger partial charge on any atom is 0.252 e. The molecule has 118 heavy (non-hydrogen) atoms. The molecule has 23 rings (SSSR count). The first kappa shape index (κ1) is 60.8. The Kier molecular flexibility index (Phi) is 14.0. The van der Waals surface area contributed by atoms with Gasteiger partial charge in [-0.3, -0.25) is 0 Å². The highest BCUT2D eigenvalue weighted by Crippen LogP contribution is 2.60. The smallest absolute Gasteiger partial charge is 0.252 e. The van der Waals surface area contributed by atoms with Gasteiger partial charge in [-0.2, -0.15) is 0 Å². The van der Waals surface area contributed by atoms with E-state index in [0.29, 0.717) is 5.69 Å². The fourth-order valence-corrected chi connectivity index (χ4v) is 19.7. The SMILES string of the molecule is [2H]c1c([2H])c([2H])c2c(c1[2H])c1c([2H])c([2H])c([2H])c([2H])c1n2-c1ccc2c(c1)N(c1c(-c3ccccc3)cc(-c3ccccc3)cc1-c1ccccc1)c1cc(C(C)(C)C)cc3c1B2c1ccc(-n2c4ccccc4c4cc5c(cc42)C(c2ccccc2)(c2ccccc2)c2ccccc2-5)cc1N3c1c(-c2ccccc2)cc(-c2ccccc2)cc1-c1ccccc1. The van der Waals surface area contributed by atoms with Gasteiger partial charge in [0.2, 0.25) is 0 Å². The number of aromatic nitrogens is 2. The van der Waals surface area contributed by atoms with Crippen LogP contribution in [0.5, 0.6) is 0 Å². The molecular weight excluding hydrogens is 1420 g/mol. The summed E-state index contributed by atoms with van der Waals surface area (Å²) in [7, 11) is 0. The number of hydrogen-bond acceptors (Lipinski definition) is 2. The van der Waals surface area contributed by atoms with Crippen molar-refractivity contribution < 1.29 is 11.0 Å². The van der Waals surface area contributed by atoms with Crippen LogP contribution in [-0.4, -0.2) is 15.8 Å². The molecule has 0 fully saturated rings. The van der Waals surface area contributed by atoms with Crippen LogP contribution in [0.1, 0.15) is 59.6 Å². The van der Waals surface area contributed by atoms with E-state index in [0.717, 1.165) is 150 Å². The van der Waals surface area contributed by atoms with E-state index in [1.54, 1.807) is 4.57 Å². The molecule has 554 valence electrons. The predicted molar refractivity (Wildman–Crippen MR) is 498 cm³/mol. The Morgan fingerprint density at radius 1 is 0.271 bits per heavy atom. The Morgan fingerprint density at radius 2 is 0.653 bits per heavy atom. The Hall–Kier alpha value is -14.8. The number of benzene rings is 18. The molecule has 4 nitrogen and oxygen atoms in total. The molecule has 20 aromatic rings. The van der Waals surface area contributed by atoms with Crippen LogP contribution in [0.4, 0.5) is 34.1 Å². The highest BCUT2D eigenvalue weighted by Gasteiger charge is 2.49. The fourth-order valence-electron chi connectivity index (χ4n) is 19.7. The summed E-state index contributed by atoms with van der Waals surface area (Å²) in [6.45, 7) is 6.32. The van der Waals surface area contributed by atoms with Gasteiger partial charge < -0.3 is 18.9 Å². The number of anilines is 6. The van der Waals surface area contributed by atoms with Gasteiger partial charge in [0.15, 0.2) is 0 Å². The van der Waals surface area contributed by atoms with Crippen LogP contribution in [-0.2, 0) is 10.8 Å². The van der Waals surface area contributed by atoms with E-state index in [-0.39, 0.29) is 33.9 Å². The number of para-hydroxylation sites is 3. The quantitative estimate of drug-likeness (QED) is 0.113. The zero-order valence-corrected chi connectivity index (χ0v) is 65.2. The fraction of sp³-hybridized carbons (Fsp3) is 0.0442. The number of nitrogens with zero attached hydrogens (tertiary/aromatic N) is 4. The second-order valence-corrected chi connectivity index (χ2v) is 32.4. The van der Waals surface area contributed by atoms with Crippen LogP contribution in [0.3, 0.4) is 0 Å². The van der Waals surface area contributed by atoms with Gasteiger partial charge in [-0.25, -0.2) is 0 Å². The van der Waals surface area contributed by atoms with Crippen LogP contribution in [0, 0.1) is 0 Å². The minimum absolute atomic E-state index is 0.000275. The molecule has 18 aromatic carbocycles. The molecule has 0 N–H and O–H groups in total. The molecule has 3 aliphatic rings. The minimum atomic E-state index is -0.706. The van der Waals surface area contributed by atoms with Gasteiger partial charge in [-0.1, -0.05) is 354 Å². The third-order valence-electron chi connectivity index (χ3n) is 24.9. The van der Waals surface area contributed by atoms with E-state index in [1.165, 1.54) is 33.4 Å². The topological polar surface area (TPSA) is 16.3 Å². The lowest BCUT2D eigenvalue weighted by Crippen LogP contribution is -2.61. The molecule has 0 unspecified atom stereocenters. The summed E-state index contributed by atoms with van der Waals surface area (Å²) in [5.74, 6) is 0. The average Bonchev–Trinajstić information content (AvgIpc) is 1.19. The summed E-state index contributed by atoms with van der Waals surface area (Å²) in [6, 6.07) is 133. The highest BCUT2D eigenvalue weighted by atomic mass is 15.2. The van der Waals surface area contributed by atoms with E-state index in [2.05, 4.69) is 399 Å². The van der Waals surface area contributed by atoms with Crippen molar-refractivity contribution in [2.45, 2.75) is 31.6 Å². The van der Waals surface area contributed by atoms with Crippen LogP contribution in [0.2, 0.25) is 0 Å². The van der Waals surface area contributed by atoms with E-state index in [4.69, 9.17) is 0 Å². The molecule has 0 saturated heterocycles. The molecular formula is C113H79BN4. The Labute approximate surface area is 699 Å². The van der Waals surface area contributed by atoms with Crippen molar-refractivity contribution in [3.63, 3.8) is 0 Å². The molecule has 0 amide bonds. The van der Waals surface area contributed by atoms with Gasteiger partial charge in [0, 0.05) is 77.9 Å². The monoisotopic (exact) mass is 1510 g/mol. The molecule has 4 heterocycles. The Morgan fingerprint density at radius 3 is 1.09 bits per heavy atom. The van der Waals surface area contributed by atoms with Crippen molar-refractivity contribution in [3.05, 3.63) is 452 Å². The van der Waals surface area contributed by atoms with Crippen LogP contribution in [0.15, 0.2) is 424 Å². The third kappa shape index (κ3) is 10.6. The summed E-state index contributed by atoms with van der Waals surface area (Å²) >= 11 is 0. The van der Waals surface area contributed by atoms with Crippen molar-refractivity contribution >= 4 is 101 Å².